The van der Waals surface area contributed by atoms with Crippen LogP contribution in [-0.2, 0) is 0 Å². The van der Waals surface area contributed by atoms with Crippen molar-refractivity contribution in [3.8, 4) is 0 Å². The molecule has 0 unspecified atom stereocenters. The minimum absolute atomic E-state index is 0. The summed E-state index contributed by atoms with van der Waals surface area (Å²) in [5.41, 5.74) is 0. The van der Waals surface area contributed by atoms with Gasteiger partial charge in [0.2, 0.25) is 0 Å². The molecule has 0 spiro atoms. The van der Waals surface area contributed by atoms with Gasteiger partial charge in [0.25, 0.3) is 0 Å². The summed E-state index contributed by atoms with van der Waals surface area (Å²) < 4.78 is 0. The maximum absolute atomic E-state index is 5.87. The normalized spacial score (nSPS) is 15.1. The van der Waals surface area contributed by atoms with E-state index in [0.717, 1.165) is 5.82 Å². The van der Waals surface area contributed by atoms with Crippen molar-refractivity contribution < 1.29 is 0 Å². The molecule has 1 aliphatic rings. The van der Waals surface area contributed by atoms with E-state index in [1.807, 2.05) is 12.1 Å². The smallest absolute Gasteiger partial charge is 0.144 e. The van der Waals surface area contributed by atoms with E-state index in [1.165, 1.54) is 12.8 Å². The predicted molar refractivity (Wildman–Crippen MR) is 51.6 cm³/mol. The number of anilines is 1. The first-order valence-electron chi connectivity index (χ1n) is 3.73. The Kier molecular flexibility index (Phi) is 3.84. The monoisotopic (exact) mass is 191 g/mol. The zero-order valence-electron chi connectivity index (χ0n) is 7.05. The first-order chi connectivity index (χ1) is 5.36. The van der Waals surface area contributed by atoms with E-state index in [1.54, 1.807) is 6.20 Å². The van der Waals surface area contributed by atoms with Gasteiger partial charge in [0.15, 0.2) is 0 Å². The van der Waals surface area contributed by atoms with E-state index in [4.69, 9.17) is 11.6 Å². The second kappa shape index (κ2) is 4.47. The van der Waals surface area contributed by atoms with Crippen molar-refractivity contribution in [3.63, 3.8) is 0 Å². The Bertz CT molecular complexity index is 263. The van der Waals surface area contributed by atoms with E-state index < -0.39 is 0 Å². The van der Waals surface area contributed by atoms with Gasteiger partial charge in [0.1, 0.15) is 5.82 Å². The Balaban J connectivity index is 0.000000720. The first-order valence-corrected chi connectivity index (χ1v) is 4.11. The van der Waals surface area contributed by atoms with Crippen molar-refractivity contribution in [1.29, 1.82) is 0 Å². The molecule has 1 aromatic heterocycles. The maximum Gasteiger partial charge on any atom is 0.144 e. The van der Waals surface area contributed by atoms with E-state index in [9.17, 15) is 0 Å². The zero-order chi connectivity index (χ0) is 7.68. The van der Waals surface area contributed by atoms with Gasteiger partial charge in [-0.05, 0) is 25.0 Å². The van der Waals surface area contributed by atoms with Gasteiger partial charge >= 0.3 is 0 Å². The number of rotatable bonds is 2. The number of aromatic nitrogens is 1. The fourth-order valence-electron chi connectivity index (χ4n) is 0.913. The summed E-state index contributed by atoms with van der Waals surface area (Å²) in [6.45, 7) is 0. The van der Waals surface area contributed by atoms with Gasteiger partial charge in [-0.2, -0.15) is 0 Å². The number of halogens is 1. The molecule has 0 aliphatic heterocycles. The predicted octanol–water partition coefficient (Wildman–Crippen LogP) is 1.93. The van der Waals surface area contributed by atoms with Gasteiger partial charge in [-0.25, -0.2) is 4.98 Å². The molecule has 0 saturated heterocycles. The van der Waals surface area contributed by atoms with Crippen molar-refractivity contribution in [2.75, 3.05) is 5.32 Å². The molecule has 0 atom stereocenters. The molecular formula is C8H9ClN2Na. The molecular weight excluding hydrogens is 183 g/mol. The van der Waals surface area contributed by atoms with Crippen LogP contribution in [0.4, 0.5) is 5.82 Å². The molecule has 59 valence electrons. The second-order valence-corrected chi connectivity index (χ2v) is 3.16. The average Bonchev–Trinajstić information content (AvgIpc) is 2.78. The Hall–Kier alpha value is 0.240. The molecule has 1 heterocycles. The van der Waals surface area contributed by atoms with Crippen molar-refractivity contribution in [1.82, 2.24) is 4.98 Å². The quantitative estimate of drug-likeness (QED) is 0.723. The van der Waals surface area contributed by atoms with Crippen LogP contribution in [0.25, 0.3) is 0 Å². The summed E-state index contributed by atoms with van der Waals surface area (Å²) in [6.07, 6.45) is 4.23. The summed E-state index contributed by atoms with van der Waals surface area (Å²) in [5, 5.41) is 3.95. The SMILES string of the molecule is Clc1cccnc1NC1CC1.[Na]. The molecule has 0 bridgehead atoms. The first kappa shape index (κ1) is 10.3. The molecule has 4 heteroatoms. The van der Waals surface area contributed by atoms with Crippen molar-refractivity contribution in [2.24, 2.45) is 0 Å². The molecule has 12 heavy (non-hydrogen) atoms. The third-order valence-corrected chi connectivity index (χ3v) is 1.98. The Morgan fingerprint density at radius 1 is 1.50 bits per heavy atom. The molecule has 0 amide bonds. The van der Waals surface area contributed by atoms with Crippen LogP contribution < -0.4 is 5.32 Å². The van der Waals surface area contributed by atoms with Crippen molar-refractivity contribution in [3.05, 3.63) is 23.4 Å². The molecule has 0 aromatic carbocycles. The minimum Gasteiger partial charge on any atom is -0.366 e. The van der Waals surface area contributed by atoms with Gasteiger partial charge in [-0.15, -0.1) is 0 Å². The number of nitrogens with zero attached hydrogens (tertiary/aromatic N) is 1. The zero-order valence-corrected chi connectivity index (χ0v) is 9.80. The number of hydrogen-bond donors (Lipinski definition) is 1. The van der Waals surface area contributed by atoms with E-state index in [-0.39, 0.29) is 29.6 Å². The van der Waals surface area contributed by atoms with Crippen molar-refractivity contribution in [2.45, 2.75) is 18.9 Å². The molecule has 2 nitrogen and oxygen atoms in total. The van der Waals surface area contributed by atoms with Crippen LogP contribution in [0.2, 0.25) is 5.02 Å². The van der Waals surface area contributed by atoms with Gasteiger partial charge in [0.05, 0.1) is 5.02 Å². The van der Waals surface area contributed by atoms with Crippen LogP contribution in [0.5, 0.6) is 0 Å². The van der Waals surface area contributed by atoms with Gasteiger partial charge in [-0.1, -0.05) is 11.6 Å². The molecule has 1 N–H and O–H groups in total. The fraction of sp³-hybridized carbons (Fsp3) is 0.375. The number of hydrogen-bond acceptors (Lipinski definition) is 2. The standard InChI is InChI=1S/C8H9ClN2.Na/c9-7-2-1-5-10-8(7)11-6-3-4-6;/h1-2,5-6H,3-4H2,(H,10,11);. The third-order valence-electron chi connectivity index (χ3n) is 1.68. The van der Waals surface area contributed by atoms with Gasteiger partial charge in [-0.3, -0.25) is 0 Å². The fourth-order valence-corrected chi connectivity index (χ4v) is 1.09. The van der Waals surface area contributed by atoms with E-state index in [2.05, 4.69) is 10.3 Å². The Morgan fingerprint density at radius 3 is 2.83 bits per heavy atom. The van der Waals surface area contributed by atoms with Crippen LogP contribution in [0.3, 0.4) is 0 Å². The van der Waals surface area contributed by atoms with Crippen LogP contribution >= 0.6 is 11.6 Å². The largest absolute Gasteiger partial charge is 0.366 e. The summed E-state index contributed by atoms with van der Waals surface area (Å²) in [6, 6.07) is 4.29. The van der Waals surface area contributed by atoms with Crippen LogP contribution in [0.1, 0.15) is 12.8 Å². The van der Waals surface area contributed by atoms with Gasteiger partial charge < -0.3 is 5.32 Å². The van der Waals surface area contributed by atoms with Crippen LogP contribution in [0, 0.1) is 0 Å². The van der Waals surface area contributed by atoms with Crippen LogP contribution in [-0.4, -0.2) is 40.6 Å². The average molecular weight is 192 g/mol. The Morgan fingerprint density at radius 2 is 2.25 bits per heavy atom. The summed E-state index contributed by atoms with van der Waals surface area (Å²) in [4.78, 5) is 4.12. The maximum atomic E-state index is 5.87. The Labute approximate surface area is 99.0 Å². The topological polar surface area (TPSA) is 24.9 Å². The molecule has 2 rings (SSSR count). The summed E-state index contributed by atoms with van der Waals surface area (Å²) >= 11 is 5.87. The summed E-state index contributed by atoms with van der Waals surface area (Å²) in [5.74, 6) is 0.816. The van der Waals surface area contributed by atoms with Gasteiger partial charge in [0, 0.05) is 41.8 Å². The van der Waals surface area contributed by atoms with E-state index in [0.29, 0.717) is 11.1 Å². The summed E-state index contributed by atoms with van der Waals surface area (Å²) in [7, 11) is 0. The second-order valence-electron chi connectivity index (χ2n) is 2.75. The molecule has 1 saturated carbocycles. The van der Waals surface area contributed by atoms with Crippen LogP contribution in [0.15, 0.2) is 18.3 Å². The molecule has 1 fully saturated rings. The number of pyridine rings is 1. The third kappa shape index (κ3) is 2.63. The number of nitrogens with one attached hydrogen (secondary N) is 1. The molecule has 1 aromatic rings. The molecule has 1 radical (unpaired) electrons. The van der Waals surface area contributed by atoms with E-state index >= 15 is 0 Å². The van der Waals surface area contributed by atoms with Crippen molar-refractivity contribution >= 4 is 47.0 Å². The molecule has 1 aliphatic carbocycles. The minimum atomic E-state index is 0.